The Bertz CT molecular complexity index is 849. The maximum atomic E-state index is 11.1. The van der Waals surface area contributed by atoms with Crippen molar-refractivity contribution < 1.29 is 24.2 Å². The molecule has 0 amide bonds. The van der Waals surface area contributed by atoms with Crippen LogP contribution < -0.4 is 0 Å². The molecule has 9 heteroatoms. The quantitative estimate of drug-likeness (QED) is 0.682. The van der Waals surface area contributed by atoms with Crippen molar-refractivity contribution in [1.82, 2.24) is 19.8 Å². The first-order valence-corrected chi connectivity index (χ1v) is 10.3. The molecular weight excluding hydrogens is 400 g/mol. The molecule has 3 rings (SSSR count). The third kappa shape index (κ3) is 7.80. The number of rotatable bonds is 6. The lowest BCUT2D eigenvalue weighted by molar-refractivity contribution is 0.0336. The molecule has 0 unspecified atom stereocenters. The molecule has 0 saturated carbocycles. The van der Waals surface area contributed by atoms with Gasteiger partial charge in [-0.05, 0) is 24.3 Å². The number of carboxylic acids is 1. The van der Waals surface area contributed by atoms with Crippen molar-refractivity contribution in [2.24, 2.45) is 0 Å². The van der Waals surface area contributed by atoms with E-state index in [2.05, 4.69) is 19.8 Å². The van der Waals surface area contributed by atoms with E-state index in [0.717, 1.165) is 25.1 Å². The number of aromatic carboxylic acids is 1. The molecule has 3 heterocycles. The van der Waals surface area contributed by atoms with Gasteiger partial charge in [0.2, 0.25) is 0 Å². The van der Waals surface area contributed by atoms with Crippen LogP contribution >= 0.6 is 0 Å². The smallest absolute Gasteiger partial charge is 0.354 e. The number of hydrogen-bond donors (Lipinski definition) is 1. The van der Waals surface area contributed by atoms with Gasteiger partial charge in [-0.15, -0.1) is 0 Å². The van der Waals surface area contributed by atoms with Crippen LogP contribution in [-0.2, 0) is 22.6 Å². The average Bonchev–Trinajstić information content (AvgIpc) is 2.77. The van der Waals surface area contributed by atoms with Gasteiger partial charge < -0.3 is 14.6 Å². The van der Waals surface area contributed by atoms with Gasteiger partial charge in [-0.1, -0.05) is 12.1 Å². The van der Waals surface area contributed by atoms with Crippen LogP contribution in [-0.4, -0.2) is 89.7 Å². The van der Waals surface area contributed by atoms with Gasteiger partial charge in [0.25, 0.3) is 0 Å². The Morgan fingerprint density at radius 3 is 1.90 bits per heavy atom. The third-order valence-electron chi connectivity index (χ3n) is 4.95. The molecule has 0 bridgehead atoms. The summed E-state index contributed by atoms with van der Waals surface area (Å²) in [5.74, 6) is -1.03. The topological polar surface area (TPSA) is 105 Å². The highest BCUT2D eigenvalue weighted by molar-refractivity contribution is 5.85. The zero-order chi connectivity index (χ0) is 21.9. The molecule has 1 fully saturated rings. The van der Waals surface area contributed by atoms with E-state index in [0.29, 0.717) is 64.0 Å². The number of aldehydes is 1. The second-order valence-corrected chi connectivity index (χ2v) is 7.27. The minimum absolute atomic E-state index is 0.0487. The summed E-state index contributed by atoms with van der Waals surface area (Å²) in [5, 5.41) is 9.12. The van der Waals surface area contributed by atoms with Crippen LogP contribution in [0.15, 0.2) is 36.4 Å². The molecule has 2 aromatic rings. The van der Waals surface area contributed by atoms with Crippen molar-refractivity contribution in [1.29, 1.82) is 0 Å². The number of ether oxygens (including phenoxy) is 2. The molecular formula is C22H28N4O5. The molecule has 166 valence electrons. The van der Waals surface area contributed by atoms with Crippen LogP contribution in [0.2, 0.25) is 0 Å². The van der Waals surface area contributed by atoms with Crippen LogP contribution in [0.5, 0.6) is 0 Å². The first-order chi connectivity index (χ1) is 15.1. The fraction of sp³-hybridized carbons (Fsp3) is 0.455. The van der Waals surface area contributed by atoms with E-state index in [4.69, 9.17) is 14.6 Å². The lowest BCUT2D eigenvalue weighted by Gasteiger charge is -2.26. The number of carbonyl (C=O) groups is 2. The Hall–Kier alpha value is -2.72. The number of nitrogens with zero attached hydrogens (tertiary/aromatic N) is 4. The van der Waals surface area contributed by atoms with Gasteiger partial charge in [-0.25, -0.2) is 14.8 Å². The first-order valence-electron chi connectivity index (χ1n) is 10.3. The van der Waals surface area contributed by atoms with Crippen molar-refractivity contribution in [2.75, 3.05) is 52.6 Å². The zero-order valence-electron chi connectivity index (χ0n) is 17.5. The average molecular weight is 428 g/mol. The van der Waals surface area contributed by atoms with E-state index in [1.54, 1.807) is 12.1 Å². The normalized spacial score (nSPS) is 17.4. The zero-order valence-corrected chi connectivity index (χ0v) is 17.5. The summed E-state index contributed by atoms with van der Waals surface area (Å²) in [6.07, 6.45) is 0.755. The van der Waals surface area contributed by atoms with E-state index >= 15 is 0 Å². The Morgan fingerprint density at radius 2 is 1.39 bits per heavy atom. The number of pyridine rings is 2. The minimum Gasteiger partial charge on any atom is -0.477 e. The Morgan fingerprint density at radius 1 is 0.871 bits per heavy atom. The summed E-state index contributed by atoms with van der Waals surface area (Å²) in [6.45, 7) is 6.32. The fourth-order valence-corrected chi connectivity index (χ4v) is 3.32. The summed E-state index contributed by atoms with van der Waals surface area (Å²) in [4.78, 5) is 35.0. The molecule has 1 aliphatic heterocycles. The van der Waals surface area contributed by atoms with Crippen LogP contribution in [0.4, 0.5) is 0 Å². The standard InChI is InChI=1S/C22H28N4O5/c27-17-20-5-1-3-18(23-20)15-25-7-11-30-13-9-26(10-14-31-12-8-25)16-19-4-2-6-21(24-19)22(28)29/h1-6,17H,7-16H2,(H,28,29). The van der Waals surface area contributed by atoms with Crippen LogP contribution in [0.25, 0.3) is 0 Å². The number of hydrogen-bond acceptors (Lipinski definition) is 8. The predicted molar refractivity (Wildman–Crippen MR) is 113 cm³/mol. The van der Waals surface area contributed by atoms with E-state index < -0.39 is 5.97 Å². The summed E-state index contributed by atoms with van der Waals surface area (Å²) < 4.78 is 11.7. The molecule has 1 saturated heterocycles. The van der Waals surface area contributed by atoms with Gasteiger partial charge in [0.1, 0.15) is 11.4 Å². The summed E-state index contributed by atoms with van der Waals surface area (Å²) in [6, 6.07) is 10.5. The van der Waals surface area contributed by atoms with Crippen molar-refractivity contribution in [3.63, 3.8) is 0 Å². The van der Waals surface area contributed by atoms with Gasteiger partial charge in [0.05, 0.1) is 37.8 Å². The number of aromatic nitrogens is 2. The highest BCUT2D eigenvalue weighted by atomic mass is 16.5. The van der Waals surface area contributed by atoms with Gasteiger partial charge in [-0.3, -0.25) is 14.6 Å². The van der Waals surface area contributed by atoms with Crippen molar-refractivity contribution in [2.45, 2.75) is 13.1 Å². The van der Waals surface area contributed by atoms with Crippen molar-refractivity contribution in [3.05, 3.63) is 59.2 Å². The highest BCUT2D eigenvalue weighted by Crippen LogP contribution is 2.07. The second kappa shape index (κ2) is 12.2. The second-order valence-electron chi connectivity index (χ2n) is 7.27. The third-order valence-corrected chi connectivity index (χ3v) is 4.95. The largest absolute Gasteiger partial charge is 0.477 e. The summed E-state index contributed by atoms with van der Waals surface area (Å²) >= 11 is 0. The predicted octanol–water partition coefficient (Wildman–Crippen LogP) is 1.34. The molecule has 0 spiro atoms. The molecule has 0 atom stereocenters. The maximum absolute atomic E-state index is 11.1. The maximum Gasteiger partial charge on any atom is 0.354 e. The SMILES string of the molecule is O=Cc1cccc(CN2CCOCCN(Cc3cccc(C(=O)O)n3)CCOCC2)n1. The number of carbonyl (C=O) groups excluding carboxylic acids is 1. The van der Waals surface area contributed by atoms with Gasteiger partial charge in [0, 0.05) is 39.3 Å². The first kappa shape index (κ1) is 23.0. The Balaban J connectivity index is 1.51. The van der Waals surface area contributed by atoms with Gasteiger partial charge >= 0.3 is 5.97 Å². The summed E-state index contributed by atoms with van der Waals surface area (Å²) in [5.41, 5.74) is 2.04. The van der Waals surface area contributed by atoms with Gasteiger partial charge in [-0.2, -0.15) is 0 Å². The van der Waals surface area contributed by atoms with Crippen molar-refractivity contribution >= 4 is 12.3 Å². The molecule has 1 aliphatic rings. The molecule has 2 aromatic heterocycles. The molecule has 1 N–H and O–H groups in total. The molecule has 0 aromatic carbocycles. The van der Waals surface area contributed by atoms with Gasteiger partial charge in [0.15, 0.2) is 6.29 Å². The Kier molecular flexibility index (Phi) is 9.04. The Labute approximate surface area is 181 Å². The monoisotopic (exact) mass is 428 g/mol. The molecule has 0 radical (unpaired) electrons. The van der Waals surface area contributed by atoms with E-state index in [9.17, 15) is 9.59 Å². The van der Waals surface area contributed by atoms with E-state index in [1.807, 2.05) is 18.2 Å². The van der Waals surface area contributed by atoms with Crippen molar-refractivity contribution in [3.8, 4) is 0 Å². The van der Waals surface area contributed by atoms with E-state index in [-0.39, 0.29) is 5.69 Å². The van der Waals surface area contributed by atoms with Crippen LogP contribution in [0.1, 0.15) is 32.4 Å². The summed E-state index contributed by atoms with van der Waals surface area (Å²) in [7, 11) is 0. The molecule has 9 nitrogen and oxygen atoms in total. The molecule has 0 aliphatic carbocycles. The van der Waals surface area contributed by atoms with Crippen LogP contribution in [0, 0.1) is 0 Å². The lowest BCUT2D eigenvalue weighted by Crippen LogP contribution is -2.35. The van der Waals surface area contributed by atoms with Crippen LogP contribution in [0.3, 0.4) is 0 Å². The number of carboxylic acid groups (broad SMARTS) is 1. The van der Waals surface area contributed by atoms with E-state index in [1.165, 1.54) is 6.07 Å². The minimum atomic E-state index is -1.03. The highest BCUT2D eigenvalue weighted by Gasteiger charge is 2.13. The lowest BCUT2D eigenvalue weighted by atomic mass is 10.3. The fourth-order valence-electron chi connectivity index (χ4n) is 3.32. The molecule has 31 heavy (non-hydrogen) atoms.